The maximum Gasteiger partial charge on any atom is 0.238 e. The van der Waals surface area contributed by atoms with Gasteiger partial charge in [0.2, 0.25) is 11.8 Å². The third-order valence-electron chi connectivity index (χ3n) is 3.57. The summed E-state index contributed by atoms with van der Waals surface area (Å²) in [6, 6.07) is 13.4. The summed E-state index contributed by atoms with van der Waals surface area (Å²) >= 11 is 0. The molecule has 0 bridgehead atoms. The molecule has 0 aliphatic rings. The van der Waals surface area contributed by atoms with E-state index < -0.39 is 0 Å². The second kappa shape index (κ2) is 8.94. The fraction of sp³-hybridized carbons (Fsp3) is 0.263. The van der Waals surface area contributed by atoms with Gasteiger partial charge in [0.25, 0.3) is 0 Å². The first-order valence-electron chi connectivity index (χ1n) is 7.98. The molecule has 0 spiro atoms. The van der Waals surface area contributed by atoms with E-state index >= 15 is 0 Å². The van der Waals surface area contributed by atoms with Crippen LogP contribution in [0.25, 0.3) is 0 Å². The Bertz CT molecular complexity index is 714. The van der Waals surface area contributed by atoms with Crippen LogP contribution >= 0.6 is 0 Å². The summed E-state index contributed by atoms with van der Waals surface area (Å²) in [4.78, 5) is 25.5. The molecule has 0 saturated heterocycles. The molecule has 0 aliphatic heterocycles. The third-order valence-corrected chi connectivity index (χ3v) is 3.57. The van der Waals surface area contributed by atoms with Crippen LogP contribution in [0.3, 0.4) is 0 Å². The first kappa shape index (κ1) is 18.6. The number of aryl methyl sites for hydroxylation is 1. The van der Waals surface area contributed by atoms with E-state index in [-0.39, 0.29) is 30.7 Å². The van der Waals surface area contributed by atoms with Gasteiger partial charge in [0.05, 0.1) is 13.1 Å². The number of benzene rings is 2. The predicted molar refractivity (Wildman–Crippen MR) is 95.6 cm³/mol. The van der Waals surface area contributed by atoms with Crippen LogP contribution < -0.4 is 10.6 Å². The Labute approximate surface area is 146 Å². The van der Waals surface area contributed by atoms with Gasteiger partial charge in [-0.15, -0.1) is 0 Å². The van der Waals surface area contributed by atoms with Crippen molar-refractivity contribution in [3.8, 4) is 0 Å². The summed E-state index contributed by atoms with van der Waals surface area (Å²) in [5, 5.41) is 5.53. The summed E-state index contributed by atoms with van der Waals surface area (Å²) in [7, 11) is 1.70. The molecular formula is C19H22FN3O2. The highest BCUT2D eigenvalue weighted by atomic mass is 19.1. The Balaban J connectivity index is 1.72. The first-order valence-corrected chi connectivity index (χ1v) is 7.98. The predicted octanol–water partition coefficient (Wildman–Crippen LogP) is 2.32. The molecule has 0 radical (unpaired) electrons. The van der Waals surface area contributed by atoms with Gasteiger partial charge < -0.3 is 10.6 Å². The van der Waals surface area contributed by atoms with Crippen molar-refractivity contribution < 1.29 is 14.0 Å². The smallest absolute Gasteiger partial charge is 0.238 e. The zero-order chi connectivity index (χ0) is 18.2. The molecule has 2 aromatic rings. The molecule has 2 rings (SSSR count). The largest absolute Gasteiger partial charge is 0.351 e. The molecule has 2 amide bonds. The van der Waals surface area contributed by atoms with Crippen molar-refractivity contribution in [2.45, 2.75) is 13.5 Å². The summed E-state index contributed by atoms with van der Waals surface area (Å²) in [6.07, 6.45) is 0. The van der Waals surface area contributed by atoms with Crippen molar-refractivity contribution in [1.82, 2.24) is 10.2 Å². The molecule has 0 fully saturated rings. The first-order chi connectivity index (χ1) is 11.9. The summed E-state index contributed by atoms with van der Waals surface area (Å²) in [5.41, 5.74) is 2.66. The summed E-state index contributed by atoms with van der Waals surface area (Å²) in [6.45, 7) is 2.51. The van der Waals surface area contributed by atoms with E-state index in [0.717, 1.165) is 16.8 Å². The van der Waals surface area contributed by atoms with Crippen LogP contribution in [0.1, 0.15) is 11.1 Å². The highest BCUT2D eigenvalue weighted by Crippen LogP contribution is 2.08. The molecule has 0 aromatic heterocycles. The Hall–Kier alpha value is -2.73. The molecule has 0 saturated carbocycles. The number of amides is 2. The number of hydrogen-bond donors (Lipinski definition) is 2. The third kappa shape index (κ3) is 6.73. The van der Waals surface area contributed by atoms with E-state index in [1.165, 1.54) is 12.1 Å². The average molecular weight is 343 g/mol. The maximum atomic E-state index is 12.8. The van der Waals surface area contributed by atoms with Crippen molar-refractivity contribution in [1.29, 1.82) is 0 Å². The van der Waals surface area contributed by atoms with Crippen molar-refractivity contribution in [3.63, 3.8) is 0 Å². The normalized spacial score (nSPS) is 10.6. The van der Waals surface area contributed by atoms with E-state index in [0.29, 0.717) is 6.54 Å². The number of carbonyl (C=O) groups excluding carboxylic acids is 2. The van der Waals surface area contributed by atoms with Crippen molar-refractivity contribution >= 4 is 17.5 Å². The Morgan fingerprint density at radius 3 is 2.20 bits per heavy atom. The molecule has 132 valence electrons. The highest BCUT2D eigenvalue weighted by molar-refractivity contribution is 5.92. The average Bonchev–Trinajstić information content (AvgIpc) is 2.56. The minimum absolute atomic E-state index is 0.0997. The Morgan fingerprint density at radius 1 is 0.960 bits per heavy atom. The minimum atomic E-state index is -0.311. The molecule has 0 unspecified atom stereocenters. The van der Waals surface area contributed by atoms with Crippen LogP contribution in [0.2, 0.25) is 0 Å². The number of carbonyl (C=O) groups is 2. The highest BCUT2D eigenvalue weighted by Gasteiger charge is 2.11. The zero-order valence-corrected chi connectivity index (χ0v) is 14.4. The molecule has 0 aliphatic carbocycles. The molecule has 2 aromatic carbocycles. The number of likely N-dealkylation sites (N-methyl/N-ethyl adjacent to an activating group) is 1. The standard InChI is InChI=1S/C19H22FN3O2/c1-14-3-9-17(10-4-14)22-19(25)13-23(2)12-18(24)21-11-15-5-7-16(20)8-6-15/h3-10H,11-13H2,1-2H3,(H,21,24)(H,22,25). The van der Waals surface area contributed by atoms with Gasteiger partial charge in [0, 0.05) is 12.2 Å². The molecule has 5 nitrogen and oxygen atoms in total. The van der Waals surface area contributed by atoms with Crippen molar-refractivity contribution in [3.05, 3.63) is 65.5 Å². The summed E-state index contributed by atoms with van der Waals surface area (Å²) < 4.78 is 12.8. The van der Waals surface area contributed by atoms with Crippen LogP contribution in [0, 0.1) is 12.7 Å². The van der Waals surface area contributed by atoms with Gasteiger partial charge in [-0.25, -0.2) is 4.39 Å². The number of nitrogens with zero attached hydrogens (tertiary/aromatic N) is 1. The van der Waals surface area contributed by atoms with Crippen LogP contribution in [-0.2, 0) is 16.1 Å². The van der Waals surface area contributed by atoms with Gasteiger partial charge in [-0.05, 0) is 43.8 Å². The monoisotopic (exact) mass is 343 g/mol. The van der Waals surface area contributed by atoms with Crippen LogP contribution in [0.15, 0.2) is 48.5 Å². The van der Waals surface area contributed by atoms with Crippen LogP contribution in [-0.4, -0.2) is 36.9 Å². The number of halogens is 1. The van der Waals surface area contributed by atoms with Gasteiger partial charge in [0.1, 0.15) is 5.82 Å². The lowest BCUT2D eigenvalue weighted by Gasteiger charge is -2.16. The van der Waals surface area contributed by atoms with E-state index in [4.69, 9.17) is 0 Å². The zero-order valence-electron chi connectivity index (χ0n) is 14.4. The second-order valence-corrected chi connectivity index (χ2v) is 5.99. The van der Waals surface area contributed by atoms with Crippen molar-refractivity contribution in [2.75, 3.05) is 25.5 Å². The van der Waals surface area contributed by atoms with E-state index in [1.54, 1.807) is 24.1 Å². The second-order valence-electron chi connectivity index (χ2n) is 5.99. The molecule has 0 atom stereocenters. The lowest BCUT2D eigenvalue weighted by molar-refractivity contribution is -0.123. The maximum absolute atomic E-state index is 12.8. The van der Waals surface area contributed by atoms with Gasteiger partial charge >= 0.3 is 0 Å². The number of nitrogens with one attached hydrogen (secondary N) is 2. The van der Waals surface area contributed by atoms with E-state index in [1.807, 2.05) is 31.2 Å². The van der Waals surface area contributed by atoms with Gasteiger partial charge in [-0.3, -0.25) is 14.5 Å². The fourth-order valence-electron chi connectivity index (χ4n) is 2.24. The topological polar surface area (TPSA) is 61.4 Å². The Kier molecular flexibility index (Phi) is 6.65. The molecular weight excluding hydrogens is 321 g/mol. The SMILES string of the molecule is Cc1ccc(NC(=O)CN(C)CC(=O)NCc2ccc(F)cc2)cc1. The molecule has 0 heterocycles. The van der Waals surface area contributed by atoms with Crippen molar-refractivity contribution in [2.24, 2.45) is 0 Å². The fourth-order valence-corrected chi connectivity index (χ4v) is 2.24. The van der Waals surface area contributed by atoms with E-state index in [9.17, 15) is 14.0 Å². The quantitative estimate of drug-likeness (QED) is 0.811. The minimum Gasteiger partial charge on any atom is -0.351 e. The van der Waals surface area contributed by atoms with E-state index in [2.05, 4.69) is 10.6 Å². The Morgan fingerprint density at radius 2 is 1.56 bits per heavy atom. The van der Waals surface area contributed by atoms with Gasteiger partial charge in [-0.1, -0.05) is 29.8 Å². The number of hydrogen-bond acceptors (Lipinski definition) is 3. The van der Waals surface area contributed by atoms with Crippen LogP contribution in [0.5, 0.6) is 0 Å². The lowest BCUT2D eigenvalue weighted by Crippen LogP contribution is -2.38. The summed E-state index contributed by atoms with van der Waals surface area (Å²) in [5.74, 6) is -0.693. The molecule has 2 N–H and O–H groups in total. The van der Waals surface area contributed by atoms with Gasteiger partial charge in [-0.2, -0.15) is 0 Å². The number of anilines is 1. The number of rotatable bonds is 7. The lowest BCUT2D eigenvalue weighted by atomic mass is 10.2. The molecule has 6 heteroatoms. The molecule has 25 heavy (non-hydrogen) atoms. The van der Waals surface area contributed by atoms with Gasteiger partial charge in [0.15, 0.2) is 0 Å². The van der Waals surface area contributed by atoms with Crippen LogP contribution in [0.4, 0.5) is 10.1 Å².